The van der Waals surface area contributed by atoms with E-state index in [1.807, 2.05) is 43.3 Å². The third-order valence-corrected chi connectivity index (χ3v) is 4.02. The molecule has 0 aliphatic heterocycles. The summed E-state index contributed by atoms with van der Waals surface area (Å²) < 4.78 is 0.924. The fourth-order valence-electron chi connectivity index (χ4n) is 2.10. The second-order valence-electron chi connectivity index (χ2n) is 5.27. The Labute approximate surface area is 144 Å². The summed E-state index contributed by atoms with van der Waals surface area (Å²) in [6, 6.07) is 13.4. The first-order chi connectivity index (χ1) is 11.0. The van der Waals surface area contributed by atoms with Crippen LogP contribution in [0.25, 0.3) is 0 Å². The Morgan fingerprint density at radius 1 is 1.00 bits per heavy atom. The highest BCUT2D eigenvalue weighted by atomic mass is 79.9. The van der Waals surface area contributed by atoms with Crippen LogP contribution in [0, 0.1) is 6.92 Å². The highest BCUT2D eigenvalue weighted by Crippen LogP contribution is 2.19. The van der Waals surface area contributed by atoms with Crippen molar-refractivity contribution in [3.8, 4) is 0 Å². The van der Waals surface area contributed by atoms with E-state index in [1.165, 1.54) is 5.56 Å². The number of amides is 2. The number of aryl methyl sites for hydroxylation is 2. The predicted molar refractivity (Wildman–Crippen MR) is 95.2 cm³/mol. The van der Waals surface area contributed by atoms with Crippen molar-refractivity contribution in [2.24, 2.45) is 0 Å². The minimum atomic E-state index is -0.666. The lowest BCUT2D eigenvalue weighted by Crippen LogP contribution is -2.35. The van der Waals surface area contributed by atoms with Gasteiger partial charge in [0.1, 0.15) is 0 Å². The van der Waals surface area contributed by atoms with Gasteiger partial charge < -0.3 is 10.6 Å². The van der Waals surface area contributed by atoms with Crippen LogP contribution in [0.15, 0.2) is 46.9 Å². The number of carbonyl (C=O) groups excluding carboxylic acids is 2. The van der Waals surface area contributed by atoms with Gasteiger partial charge in [0.05, 0.1) is 0 Å². The van der Waals surface area contributed by atoms with Crippen molar-refractivity contribution in [2.75, 3.05) is 5.32 Å². The van der Waals surface area contributed by atoms with Crippen LogP contribution >= 0.6 is 15.9 Å². The summed E-state index contributed by atoms with van der Waals surface area (Å²) in [6.45, 7) is 4.29. The van der Waals surface area contributed by atoms with Gasteiger partial charge in [0.2, 0.25) is 0 Å². The minimum Gasteiger partial charge on any atom is -0.344 e. The van der Waals surface area contributed by atoms with Gasteiger partial charge in [-0.2, -0.15) is 0 Å². The van der Waals surface area contributed by atoms with Crippen LogP contribution in [0.3, 0.4) is 0 Å². The molecule has 0 atom stereocenters. The lowest BCUT2D eigenvalue weighted by molar-refractivity contribution is -0.136. The van der Waals surface area contributed by atoms with Gasteiger partial charge in [0, 0.05) is 16.7 Å². The summed E-state index contributed by atoms with van der Waals surface area (Å²) in [7, 11) is 0. The molecule has 0 bridgehead atoms. The van der Waals surface area contributed by atoms with Gasteiger partial charge in [0.25, 0.3) is 0 Å². The molecular formula is C18H19BrN2O2. The normalized spacial score (nSPS) is 10.2. The Balaban J connectivity index is 1.90. The van der Waals surface area contributed by atoms with Crippen molar-refractivity contribution in [1.82, 2.24) is 5.32 Å². The molecular weight excluding hydrogens is 356 g/mol. The summed E-state index contributed by atoms with van der Waals surface area (Å²) >= 11 is 3.36. The fraction of sp³-hybridized carbons (Fsp3) is 0.222. The van der Waals surface area contributed by atoms with E-state index in [1.54, 1.807) is 6.07 Å². The second-order valence-corrected chi connectivity index (χ2v) is 6.18. The average molecular weight is 375 g/mol. The zero-order valence-electron chi connectivity index (χ0n) is 13.2. The quantitative estimate of drug-likeness (QED) is 0.803. The van der Waals surface area contributed by atoms with E-state index in [4.69, 9.17) is 0 Å². The van der Waals surface area contributed by atoms with E-state index in [0.29, 0.717) is 12.2 Å². The fourth-order valence-corrected chi connectivity index (χ4v) is 2.58. The van der Waals surface area contributed by atoms with Crippen molar-refractivity contribution < 1.29 is 9.59 Å². The zero-order valence-corrected chi connectivity index (χ0v) is 14.7. The van der Waals surface area contributed by atoms with Gasteiger partial charge in [-0.3, -0.25) is 9.59 Å². The number of hydrogen-bond acceptors (Lipinski definition) is 2. The standard InChI is InChI=1S/C18H19BrN2O2/c1-3-13-4-6-14(7-5-13)11-20-17(22)18(23)21-16-9-8-15(19)10-12(16)2/h4-10H,3,11H2,1-2H3,(H,20,22)(H,21,23). The molecule has 5 heteroatoms. The molecule has 2 N–H and O–H groups in total. The van der Waals surface area contributed by atoms with E-state index in [-0.39, 0.29) is 0 Å². The first-order valence-electron chi connectivity index (χ1n) is 7.42. The Hall–Kier alpha value is -2.14. The maximum atomic E-state index is 11.9. The average Bonchev–Trinajstić information content (AvgIpc) is 2.55. The topological polar surface area (TPSA) is 58.2 Å². The van der Waals surface area contributed by atoms with E-state index >= 15 is 0 Å². The van der Waals surface area contributed by atoms with Crippen LogP contribution in [-0.4, -0.2) is 11.8 Å². The van der Waals surface area contributed by atoms with Gasteiger partial charge in [0.15, 0.2) is 0 Å². The third kappa shape index (κ3) is 4.93. The van der Waals surface area contributed by atoms with E-state index < -0.39 is 11.8 Å². The lowest BCUT2D eigenvalue weighted by Gasteiger charge is -2.09. The van der Waals surface area contributed by atoms with E-state index in [0.717, 1.165) is 22.0 Å². The first-order valence-corrected chi connectivity index (χ1v) is 8.22. The van der Waals surface area contributed by atoms with Crippen molar-refractivity contribution in [1.29, 1.82) is 0 Å². The predicted octanol–water partition coefficient (Wildman–Crippen LogP) is 3.57. The number of hydrogen-bond donors (Lipinski definition) is 2. The third-order valence-electron chi connectivity index (χ3n) is 3.53. The molecule has 2 amide bonds. The van der Waals surface area contributed by atoms with Gasteiger partial charge in [-0.15, -0.1) is 0 Å². The molecule has 23 heavy (non-hydrogen) atoms. The van der Waals surface area contributed by atoms with Gasteiger partial charge in [-0.1, -0.05) is 47.1 Å². The highest BCUT2D eigenvalue weighted by molar-refractivity contribution is 9.10. The van der Waals surface area contributed by atoms with Crippen LogP contribution in [-0.2, 0) is 22.6 Å². The van der Waals surface area contributed by atoms with Gasteiger partial charge in [-0.05, 0) is 48.2 Å². The molecule has 0 radical (unpaired) electrons. The van der Waals surface area contributed by atoms with Crippen LogP contribution in [0.2, 0.25) is 0 Å². The molecule has 120 valence electrons. The SMILES string of the molecule is CCc1ccc(CNC(=O)C(=O)Nc2ccc(Br)cc2C)cc1. The molecule has 0 saturated carbocycles. The lowest BCUT2D eigenvalue weighted by atomic mass is 10.1. The van der Waals surface area contributed by atoms with Crippen LogP contribution in [0.5, 0.6) is 0 Å². The molecule has 2 aromatic carbocycles. The highest BCUT2D eigenvalue weighted by Gasteiger charge is 2.14. The molecule has 0 aliphatic carbocycles. The van der Waals surface area contributed by atoms with Crippen molar-refractivity contribution in [3.05, 3.63) is 63.6 Å². The number of nitrogens with one attached hydrogen (secondary N) is 2. The summed E-state index contributed by atoms with van der Waals surface area (Å²) in [4.78, 5) is 23.8. The van der Waals surface area contributed by atoms with Gasteiger partial charge >= 0.3 is 11.8 Å². The molecule has 2 aromatic rings. The monoisotopic (exact) mass is 374 g/mol. The van der Waals surface area contributed by atoms with Crippen molar-refractivity contribution in [2.45, 2.75) is 26.8 Å². The Bertz CT molecular complexity index is 711. The van der Waals surface area contributed by atoms with Crippen molar-refractivity contribution >= 4 is 33.4 Å². The molecule has 0 saturated heterocycles. The largest absolute Gasteiger partial charge is 0.344 e. The number of anilines is 1. The molecule has 0 fully saturated rings. The molecule has 2 rings (SSSR count). The van der Waals surface area contributed by atoms with Crippen LogP contribution in [0.4, 0.5) is 5.69 Å². The summed E-state index contributed by atoms with van der Waals surface area (Å²) in [6.07, 6.45) is 0.974. The van der Waals surface area contributed by atoms with Crippen molar-refractivity contribution in [3.63, 3.8) is 0 Å². The number of benzene rings is 2. The summed E-state index contributed by atoms with van der Waals surface area (Å²) in [5.41, 5.74) is 3.71. The van der Waals surface area contributed by atoms with Crippen LogP contribution < -0.4 is 10.6 Å². The maximum Gasteiger partial charge on any atom is 0.313 e. The Kier molecular flexibility index (Phi) is 5.93. The van der Waals surface area contributed by atoms with E-state index in [2.05, 4.69) is 33.5 Å². The molecule has 0 spiro atoms. The number of carbonyl (C=O) groups is 2. The number of rotatable bonds is 4. The van der Waals surface area contributed by atoms with Gasteiger partial charge in [-0.25, -0.2) is 0 Å². The molecule has 4 nitrogen and oxygen atoms in total. The zero-order chi connectivity index (χ0) is 16.8. The molecule has 0 aliphatic rings. The molecule has 0 unspecified atom stereocenters. The molecule has 0 heterocycles. The Morgan fingerprint density at radius 3 is 2.26 bits per heavy atom. The van der Waals surface area contributed by atoms with E-state index in [9.17, 15) is 9.59 Å². The van der Waals surface area contributed by atoms with Crippen LogP contribution in [0.1, 0.15) is 23.6 Å². The smallest absolute Gasteiger partial charge is 0.313 e. The second kappa shape index (κ2) is 7.92. The summed E-state index contributed by atoms with van der Waals surface area (Å²) in [5, 5.41) is 5.25. The maximum absolute atomic E-state index is 11.9. The molecule has 0 aromatic heterocycles. The summed E-state index contributed by atoms with van der Waals surface area (Å²) in [5.74, 6) is -1.31. The minimum absolute atomic E-state index is 0.329. The number of halogens is 1. The Morgan fingerprint density at radius 2 is 1.65 bits per heavy atom. The first kappa shape index (κ1) is 17.2.